The van der Waals surface area contributed by atoms with Crippen LogP contribution in [0.2, 0.25) is 0 Å². The Bertz CT molecular complexity index is 665. The van der Waals surface area contributed by atoms with Gasteiger partial charge < -0.3 is 10.4 Å². The zero-order valence-corrected chi connectivity index (χ0v) is 12.1. The van der Waals surface area contributed by atoms with Crippen molar-refractivity contribution in [3.05, 3.63) is 58.1 Å². The number of nitrogens with one attached hydrogen (secondary N) is 1. The molecule has 5 nitrogen and oxygen atoms in total. The molecule has 2 aromatic heterocycles. The monoisotopic (exact) mass is 302 g/mol. The van der Waals surface area contributed by atoms with E-state index in [1.807, 2.05) is 24.4 Å². The van der Waals surface area contributed by atoms with Crippen LogP contribution < -0.4 is 5.32 Å². The van der Waals surface area contributed by atoms with Crippen LogP contribution >= 0.6 is 11.3 Å². The Hall–Kier alpha value is -2.47. The molecule has 0 aliphatic carbocycles. The number of thiophene rings is 1. The Labute approximate surface area is 126 Å². The zero-order valence-electron chi connectivity index (χ0n) is 11.3. The maximum atomic E-state index is 12.2. The summed E-state index contributed by atoms with van der Waals surface area (Å²) in [5.41, 5.74) is 0.958. The number of rotatable bonds is 5. The molecule has 1 amide bonds. The zero-order chi connectivity index (χ0) is 15.2. The van der Waals surface area contributed by atoms with Crippen LogP contribution in [0.5, 0.6) is 0 Å². The van der Waals surface area contributed by atoms with Crippen molar-refractivity contribution in [2.45, 2.75) is 13.0 Å². The molecule has 0 fully saturated rings. The molecule has 1 unspecified atom stereocenters. The number of amides is 1. The minimum atomic E-state index is -1.05. The van der Waals surface area contributed by atoms with E-state index in [9.17, 15) is 9.59 Å². The molecule has 0 bridgehead atoms. The van der Waals surface area contributed by atoms with Crippen molar-refractivity contribution >= 4 is 29.3 Å². The number of nitrogens with zero attached hydrogens (tertiary/aromatic N) is 1. The molecule has 0 saturated heterocycles. The largest absolute Gasteiger partial charge is 0.478 e. The van der Waals surface area contributed by atoms with Gasteiger partial charge in [-0.15, -0.1) is 11.3 Å². The molecule has 0 spiro atoms. The number of carboxylic acids is 1. The van der Waals surface area contributed by atoms with Crippen molar-refractivity contribution in [2.24, 2.45) is 0 Å². The molecule has 2 heterocycles. The van der Waals surface area contributed by atoms with Crippen LogP contribution in [0.1, 0.15) is 33.8 Å². The Morgan fingerprint density at radius 1 is 1.43 bits per heavy atom. The van der Waals surface area contributed by atoms with E-state index in [1.165, 1.54) is 18.5 Å². The second-order valence-electron chi connectivity index (χ2n) is 4.39. The lowest BCUT2D eigenvalue weighted by Crippen LogP contribution is -2.26. The van der Waals surface area contributed by atoms with E-state index in [0.29, 0.717) is 11.1 Å². The van der Waals surface area contributed by atoms with Gasteiger partial charge in [0.2, 0.25) is 0 Å². The third-order valence-electron chi connectivity index (χ3n) is 2.76. The first-order chi connectivity index (χ1) is 10.1. The van der Waals surface area contributed by atoms with Gasteiger partial charge in [0.1, 0.15) is 0 Å². The van der Waals surface area contributed by atoms with Crippen molar-refractivity contribution < 1.29 is 14.7 Å². The van der Waals surface area contributed by atoms with Gasteiger partial charge in [0.05, 0.1) is 11.6 Å². The molecule has 0 aromatic carbocycles. The van der Waals surface area contributed by atoms with Gasteiger partial charge in [-0.25, -0.2) is 4.79 Å². The predicted molar refractivity (Wildman–Crippen MR) is 81.1 cm³/mol. The van der Waals surface area contributed by atoms with Crippen LogP contribution in [-0.2, 0) is 4.79 Å². The molecule has 2 aromatic rings. The summed E-state index contributed by atoms with van der Waals surface area (Å²) >= 11 is 1.58. The first kappa shape index (κ1) is 14.9. The number of aromatic nitrogens is 1. The summed E-state index contributed by atoms with van der Waals surface area (Å²) in [7, 11) is 0. The maximum Gasteiger partial charge on any atom is 0.328 e. The lowest BCUT2D eigenvalue weighted by atomic mass is 10.1. The van der Waals surface area contributed by atoms with Crippen molar-refractivity contribution in [3.8, 4) is 0 Å². The quantitative estimate of drug-likeness (QED) is 0.832. The minimum absolute atomic E-state index is 0.0873. The van der Waals surface area contributed by atoms with Gasteiger partial charge >= 0.3 is 5.97 Å². The third kappa shape index (κ3) is 4.25. The van der Waals surface area contributed by atoms with Crippen LogP contribution in [0, 0.1) is 0 Å². The van der Waals surface area contributed by atoms with Crippen molar-refractivity contribution in [2.75, 3.05) is 0 Å². The number of carbonyl (C=O) groups excluding carboxylic acids is 1. The normalized spacial score (nSPS) is 12.2. The van der Waals surface area contributed by atoms with Crippen LogP contribution in [-0.4, -0.2) is 22.0 Å². The topological polar surface area (TPSA) is 79.3 Å². The van der Waals surface area contributed by atoms with Gasteiger partial charge in [-0.05, 0) is 36.1 Å². The molecule has 108 valence electrons. The summed E-state index contributed by atoms with van der Waals surface area (Å²) < 4.78 is 0. The maximum absolute atomic E-state index is 12.2. The first-order valence-corrected chi connectivity index (χ1v) is 7.14. The molecule has 0 saturated carbocycles. The fourth-order valence-electron chi connectivity index (χ4n) is 1.73. The van der Waals surface area contributed by atoms with E-state index in [-0.39, 0.29) is 11.9 Å². The summed E-state index contributed by atoms with van der Waals surface area (Å²) in [4.78, 5) is 27.7. The second kappa shape index (κ2) is 6.81. The second-order valence-corrected chi connectivity index (χ2v) is 5.37. The van der Waals surface area contributed by atoms with E-state index < -0.39 is 5.97 Å². The molecule has 21 heavy (non-hydrogen) atoms. The Morgan fingerprint density at radius 3 is 2.90 bits per heavy atom. The van der Waals surface area contributed by atoms with Crippen molar-refractivity contribution in [3.63, 3.8) is 0 Å². The molecule has 2 rings (SSSR count). The van der Waals surface area contributed by atoms with Gasteiger partial charge in [-0.3, -0.25) is 9.78 Å². The van der Waals surface area contributed by atoms with Gasteiger partial charge in [-0.2, -0.15) is 0 Å². The molecular weight excluding hydrogens is 288 g/mol. The van der Waals surface area contributed by atoms with Crippen LogP contribution in [0.3, 0.4) is 0 Å². The number of carbonyl (C=O) groups is 2. The van der Waals surface area contributed by atoms with E-state index in [0.717, 1.165) is 11.0 Å². The SMILES string of the molecule is CC(NC(=O)c1cncc(C=CC(=O)O)c1)c1cccs1. The highest BCUT2D eigenvalue weighted by atomic mass is 32.1. The molecule has 6 heteroatoms. The number of pyridine rings is 1. The average Bonchev–Trinajstić information content (AvgIpc) is 2.99. The molecule has 2 N–H and O–H groups in total. The minimum Gasteiger partial charge on any atom is -0.478 e. The molecule has 1 atom stereocenters. The van der Waals surface area contributed by atoms with Crippen molar-refractivity contribution in [1.82, 2.24) is 10.3 Å². The van der Waals surface area contributed by atoms with Crippen LogP contribution in [0.15, 0.2) is 42.0 Å². The fourth-order valence-corrected chi connectivity index (χ4v) is 2.46. The highest BCUT2D eigenvalue weighted by Gasteiger charge is 2.12. The highest BCUT2D eigenvalue weighted by molar-refractivity contribution is 7.10. The Kier molecular flexibility index (Phi) is 4.84. The van der Waals surface area contributed by atoms with Gasteiger partial charge in [0.25, 0.3) is 5.91 Å². The standard InChI is InChI=1S/C15H14N2O3S/c1-10(13-3-2-6-21-13)17-15(20)12-7-11(8-16-9-12)4-5-14(18)19/h2-10H,1H3,(H,17,20)(H,18,19). The molecule has 0 aliphatic heterocycles. The Balaban J connectivity index is 2.09. The van der Waals surface area contributed by atoms with E-state index in [4.69, 9.17) is 5.11 Å². The summed E-state index contributed by atoms with van der Waals surface area (Å²) in [6.07, 6.45) is 5.36. The lowest BCUT2D eigenvalue weighted by Gasteiger charge is -2.12. The third-order valence-corrected chi connectivity index (χ3v) is 3.81. The van der Waals surface area contributed by atoms with E-state index in [2.05, 4.69) is 10.3 Å². The summed E-state index contributed by atoms with van der Waals surface area (Å²) in [6.45, 7) is 1.91. The lowest BCUT2D eigenvalue weighted by molar-refractivity contribution is -0.131. The average molecular weight is 302 g/mol. The molecule has 0 aliphatic rings. The van der Waals surface area contributed by atoms with Gasteiger partial charge in [0, 0.05) is 23.3 Å². The number of carboxylic acid groups (broad SMARTS) is 1. The summed E-state index contributed by atoms with van der Waals surface area (Å²) in [5, 5.41) is 13.4. The van der Waals surface area contributed by atoms with Crippen LogP contribution in [0.4, 0.5) is 0 Å². The highest BCUT2D eigenvalue weighted by Crippen LogP contribution is 2.18. The summed E-state index contributed by atoms with van der Waals surface area (Å²) in [6, 6.07) is 5.40. The van der Waals surface area contributed by atoms with Gasteiger partial charge in [0.15, 0.2) is 0 Å². The summed E-state index contributed by atoms with van der Waals surface area (Å²) in [5.74, 6) is -1.29. The number of hydrogen-bond donors (Lipinski definition) is 2. The molecule has 0 radical (unpaired) electrons. The first-order valence-electron chi connectivity index (χ1n) is 6.26. The number of aliphatic carboxylic acids is 1. The van der Waals surface area contributed by atoms with Crippen LogP contribution in [0.25, 0.3) is 6.08 Å². The van der Waals surface area contributed by atoms with Gasteiger partial charge in [-0.1, -0.05) is 6.07 Å². The Morgan fingerprint density at radius 2 is 2.24 bits per heavy atom. The fraction of sp³-hybridized carbons (Fsp3) is 0.133. The van der Waals surface area contributed by atoms with Crippen molar-refractivity contribution in [1.29, 1.82) is 0 Å². The van der Waals surface area contributed by atoms with E-state index >= 15 is 0 Å². The van der Waals surface area contributed by atoms with E-state index in [1.54, 1.807) is 17.4 Å². The smallest absolute Gasteiger partial charge is 0.328 e. The number of hydrogen-bond acceptors (Lipinski definition) is 4. The predicted octanol–water partition coefficient (Wildman–Crippen LogP) is 2.73. The molecular formula is C15H14N2O3S.